The SMILES string of the molecule is CN=C(NCCN(C)CC(F)(F)F)N1CCN(Cc2cc(C)on2)CC1. The highest BCUT2D eigenvalue weighted by atomic mass is 19.4. The maximum absolute atomic E-state index is 12.3. The van der Waals surface area contributed by atoms with Gasteiger partial charge in [-0.25, -0.2) is 0 Å². The number of piperazine rings is 1. The maximum Gasteiger partial charge on any atom is 0.401 e. The first-order chi connectivity index (χ1) is 12.3. The number of halogens is 3. The summed E-state index contributed by atoms with van der Waals surface area (Å²) >= 11 is 0. The number of nitrogens with one attached hydrogen (secondary N) is 1. The molecule has 148 valence electrons. The van der Waals surface area contributed by atoms with Gasteiger partial charge in [0.2, 0.25) is 0 Å². The van der Waals surface area contributed by atoms with Crippen LogP contribution < -0.4 is 5.32 Å². The largest absolute Gasteiger partial charge is 0.401 e. The molecule has 1 aromatic rings. The van der Waals surface area contributed by atoms with Crippen LogP contribution in [0.3, 0.4) is 0 Å². The Labute approximate surface area is 151 Å². The second-order valence-electron chi connectivity index (χ2n) is 6.52. The van der Waals surface area contributed by atoms with Crippen molar-refractivity contribution in [1.29, 1.82) is 0 Å². The Kier molecular flexibility index (Phi) is 7.27. The van der Waals surface area contributed by atoms with Gasteiger partial charge in [0.05, 0.1) is 12.2 Å². The number of hydrogen-bond acceptors (Lipinski definition) is 5. The highest BCUT2D eigenvalue weighted by Gasteiger charge is 2.29. The first-order valence-electron chi connectivity index (χ1n) is 8.62. The third-order valence-electron chi connectivity index (χ3n) is 4.17. The van der Waals surface area contributed by atoms with Gasteiger partial charge in [0.25, 0.3) is 0 Å². The summed E-state index contributed by atoms with van der Waals surface area (Å²) in [5, 5.41) is 7.16. The van der Waals surface area contributed by atoms with Crippen molar-refractivity contribution in [2.45, 2.75) is 19.6 Å². The molecule has 0 aliphatic carbocycles. The predicted molar refractivity (Wildman–Crippen MR) is 93.0 cm³/mol. The summed E-state index contributed by atoms with van der Waals surface area (Å²) in [6.07, 6.45) is -4.17. The number of nitrogens with zero attached hydrogens (tertiary/aromatic N) is 5. The molecule has 0 bridgehead atoms. The van der Waals surface area contributed by atoms with Crippen LogP contribution in [0.15, 0.2) is 15.6 Å². The zero-order valence-electron chi connectivity index (χ0n) is 15.5. The van der Waals surface area contributed by atoms with Gasteiger partial charge in [0, 0.05) is 58.9 Å². The van der Waals surface area contributed by atoms with Crippen LogP contribution in [0.2, 0.25) is 0 Å². The van der Waals surface area contributed by atoms with Crippen LogP contribution in [0.4, 0.5) is 13.2 Å². The average Bonchev–Trinajstić information content (AvgIpc) is 2.96. The monoisotopic (exact) mass is 376 g/mol. The number of alkyl halides is 3. The van der Waals surface area contributed by atoms with E-state index in [1.54, 1.807) is 7.05 Å². The van der Waals surface area contributed by atoms with Gasteiger partial charge in [-0.15, -0.1) is 0 Å². The minimum atomic E-state index is -4.17. The molecule has 1 saturated heterocycles. The second-order valence-corrected chi connectivity index (χ2v) is 6.52. The van der Waals surface area contributed by atoms with Gasteiger partial charge in [-0.2, -0.15) is 13.2 Å². The average molecular weight is 376 g/mol. The number of hydrogen-bond donors (Lipinski definition) is 1. The highest BCUT2D eigenvalue weighted by Crippen LogP contribution is 2.15. The summed E-state index contributed by atoms with van der Waals surface area (Å²) in [7, 11) is 3.15. The lowest BCUT2D eigenvalue weighted by Crippen LogP contribution is -2.53. The molecule has 0 amide bonds. The third-order valence-corrected chi connectivity index (χ3v) is 4.17. The first-order valence-corrected chi connectivity index (χ1v) is 8.62. The molecular weight excluding hydrogens is 349 g/mol. The molecule has 0 saturated carbocycles. The van der Waals surface area contributed by atoms with E-state index in [1.807, 2.05) is 13.0 Å². The standard InChI is InChI=1S/C16H27F3N6O/c1-13-10-14(22-26-13)11-24-6-8-25(9-7-24)15(20-2)21-4-5-23(3)12-16(17,18)19/h10H,4-9,11-12H2,1-3H3,(H,20,21). The summed E-state index contributed by atoms with van der Waals surface area (Å²) in [5.74, 6) is 1.53. The molecule has 26 heavy (non-hydrogen) atoms. The Balaban J connectivity index is 1.71. The molecule has 0 radical (unpaired) electrons. The molecular formula is C16H27F3N6O. The van der Waals surface area contributed by atoms with E-state index in [4.69, 9.17) is 4.52 Å². The van der Waals surface area contributed by atoms with E-state index in [0.29, 0.717) is 13.1 Å². The molecule has 0 aromatic carbocycles. The number of likely N-dealkylation sites (N-methyl/N-ethyl adjacent to an activating group) is 1. The molecule has 1 N–H and O–H groups in total. The summed E-state index contributed by atoms with van der Waals surface area (Å²) < 4.78 is 42.1. The fourth-order valence-corrected chi connectivity index (χ4v) is 2.92. The van der Waals surface area contributed by atoms with Crippen LogP contribution in [0.25, 0.3) is 0 Å². The number of guanidine groups is 1. The van der Waals surface area contributed by atoms with Crippen molar-refractivity contribution in [3.8, 4) is 0 Å². The minimum absolute atomic E-state index is 0.296. The smallest absolute Gasteiger partial charge is 0.361 e. The van der Waals surface area contributed by atoms with E-state index in [0.717, 1.165) is 50.1 Å². The molecule has 2 heterocycles. The second kappa shape index (κ2) is 9.22. The van der Waals surface area contributed by atoms with Crippen molar-refractivity contribution >= 4 is 5.96 Å². The molecule has 7 nitrogen and oxygen atoms in total. The van der Waals surface area contributed by atoms with Crippen molar-refractivity contribution in [1.82, 2.24) is 25.2 Å². The zero-order valence-corrected chi connectivity index (χ0v) is 15.5. The van der Waals surface area contributed by atoms with Gasteiger partial charge in [0.1, 0.15) is 5.76 Å². The number of aromatic nitrogens is 1. The van der Waals surface area contributed by atoms with Crippen molar-refractivity contribution in [3.05, 3.63) is 17.5 Å². The van der Waals surface area contributed by atoms with E-state index in [9.17, 15) is 13.2 Å². The third kappa shape index (κ3) is 6.83. The summed E-state index contributed by atoms with van der Waals surface area (Å²) in [5.41, 5.74) is 0.922. The molecule has 0 atom stereocenters. The lowest BCUT2D eigenvalue weighted by Gasteiger charge is -2.36. The van der Waals surface area contributed by atoms with E-state index in [-0.39, 0.29) is 0 Å². The van der Waals surface area contributed by atoms with Crippen molar-refractivity contribution in [2.75, 3.05) is 59.9 Å². The van der Waals surface area contributed by atoms with E-state index < -0.39 is 12.7 Å². The summed E-state index contributed by atoms with van der Waals surface area (Å²) in [6, 6.07) is 1.93. The first kappa shape index (κ1) is 20.5. The van der Waals surface area contributed by atoms with Gasteiger partial charge in [-0.05, 0) is 14.0 Å². The summed E-state index contributed by atoms with van der Waals surface area (Å²) in [6.45, 7) is 5.75. The van der Waals surface area contributed by atoms with Crippen LogP contribution in [0.5, 0.6) is 0 Å². The quantitative estimate of drug-likeness (QED) is 0.594. The maximum atomic E-state index is 12.3. The lowest BCUT2D eigenvalue weighted by atomic mass is 10.3. The van der Waals surface area contributed by atoms with Gasteiger partial charge in [-0.1, -0.05) is 5.16 Å². The Bertz CT molecular complexity index is 581. The fourth-order valence-electron chi connectivity index (χ4n) is 2.92. The van der Waals surface area contributed by atoms with Crippen LogP contribution in [0, 0.1) is 6.92 Å². The molecule has 1 aliphatic rings. The van der Waals surface area contributed by atoms with Crippen molar-refractivity contribution < 1.29 is 17.7 Å². The molecule has 0 unspecified atom stereocenters. The number of rotatable bonds is 6. The van der Waals surface area contributed by atoms with Crippen LogP contribution >= 0.6 is 0 Å². The normalized spacial score (nSPS) is 17.2. The van der Waals surface area contributed by atoms with Crippen LogP contribution in [-0.2, 0) is 6.54 Å². The van der Waals surface area contributed by atoms with Crippen LogP contribution in [0.1, 0.15) is 11.5 Å². The Morgan fingerprint density at radius 2 is 2.04 bits per heavy atom. The minimum Gasteiger partial charge on any atom is -0.361 e. The molecule has 1 aliphatic heterocycles. The molecule has 10 heteroatoms. The van der Waals surface area contributed by atoms with Gasteiger partial charge >= 0.3 is 6.18 Å². The van der Waals surface area contributed by atoms with Crippen molar-refractivity contribution in [3.63, 3.8) is 0 Å². The number of aryl methyl sites for hydroxylation is 1. The van der Waals surface area contributed by atoms with E-state index >= 15 is 0 Å². The zero-order chi connectivity index (χ0) is 19.2. The fraction of sp³-hybridized carbons (Fsp3) is 0.750. The highest BCUT2D eigenvalue weighted by molar-refractivity contribution is 5.80. The van der Waals surface area contributed by atoms with Gasteiger partial charge in [-0.3, -0.25) is 14.8 Å². The Morgan fingerprint density at radius 1 is 1.35 bits per heavy atom. The van der Waals surface area contributed by atoms with Crippen molar-refractivity contribution in [2.24, 2.45) is 4.99 Å². The van der Waals surface area contributed by atoms with Crippen LogP contribution in [-0.4, -0.2) is 91.9 Å². The lowest BCUT2D eigenvalue weighted by molar-refractivity contribution is -0.142. The molecule has 1 aromatic heterocycles. The predicted octanol–water partition coefficient (Wildman–Crippen LogP) is 1.17. The van der Waals surface area contributed by atoms with E-state index in [2.05, 4.69) is 25.3 Å². The Morgan fingerprint density at radius 3 is 2.58 bits per heavy atom. The topological polar surface area (TPSA) is 60.1 Å². The van der Waals surface area contributed by atoms with Gasteiger partial charge < -0.3 is 14.7 Å². The molecule has 2 rings (SSSR count). The summed E-state index contributed by atoms with van der Waals surface area (Å²) in [4.78, 5) is 9.90. The Hall–Kier alpha value is -1.81. The van der Waals surface area contributed by atoms with E-state index in [1.165, 1.54) is 11.9 Å². The number of aliphatic imine (C=N–C) groups is 1. The van der Waals surface area contributed by atoms with Gasteiger partial charge in [0.15, 0.2) is 5.96 Å². The molecule has 1 fully saturated rings. The molecule has 0 spiro atoms.